The molecule has 1 aromatic carbocycles. The van der Waals surface area contributed by atoms with Crippen LogP contribution >= 0.6 is 0 Å². The molecule has 0 spiro atoms. The molecule has 2 rings (SSSR count). The van der Waals surface area contributed by atoms with Crippen LogP contribution < -0.4 is 0 Å². The maximum absolute atomic E-state index is 11.8. The fraction of sp³-hybridized carbons (Fsp3) is 0.471. The first-order valence-corrected chi connectivity index (χ1v) is 7.17. The van der Waals surface area contributed by atoms with Crippen molar-refractivity contribution in [2.75, 3.05) is 7.11 Å². The summed E-state index contributed by atoms with van der Waals surface area (Å²) in [5.41, 5.74) is 2.20. The molecule has 2 unspecified atom stereocenters. The van der Waals surface area contributed by atoms with Crippen LogP contribution in [0, 0.1) is 6.92 Å². The minimum atomic E-state index is -0.292. The second kappa shape index (κ2) is 7.25. The number of methoxy groups -OCH3 is 1. The molecule has 2 atom stereocenters. The monoisotopic (exact) mass is 274 g/mol. The molecule has 0 aliphatic heterocycles. The molecule has 0 saturated heterocycles. The van der Waals surface area contributed by atoms with E-state index in [2.05, 4.69) is 0 Å². The molecule has 1 fully saturated rings. The molecular weight excluding hydrogens is 252 g/mol. The number of carbonyl (C=O) groups excluding carboxylic acids is 1. The van der Waals surface area contributed by atoms with Gasteiger partial charge in [0, 0.05) is 13.2 Å². The SMILES string of the molecule is COC1CCCCC1OC(=O)/C=C/c1ccc(C)cc1. The van der Waals surface area contributed by atoms with E-state index < -0.39 is 0 Å². The van der Waals surface area contributed by atoms with E-state index in [-0.39, 0.29) is 18.2 Å². The predicted molar refractivity (Wildman–Crippen MR) is 79.4 cm³/mol. The Bertz CT molecular complexity index is 462. The zero-order valence-corrected chi connectivity index (χ0v) is 12.2. The number of rotatable bonds is 4. The predicted octanol–water partition coefficient (Wildman–Crippen LogP) is 3.51. The van der Waals surface area contributed by atoms with E-state index >= 15 is 0 Å². The maximum Gasteiger partial charge on any atom is 0.331 e. The normalized spacial score (nSPS) is 22.9. The maximum atomic E-state index is 11.8. The van der Waals surface area contributed by atoms with Crippen molar-refractivity contribution in [3.05, 3.63) is 41.5 Å². The fourth-order valence-electron chi connectivity index (χ4n) is 2.50. The first kappa shape index (κ1) is 14.8. The number of benzene rings is 1. The number of esters is 1. The summed E-state index contributed by atoms with van der Waals surface area (Å²) in [6.45, 7) is 2.04. The first-order chi connectivity index (χ1) is 9.69. The molecule has 0 aromatic heterocycles. The van der Waals surface area contributed by atoms with E-state index in [1.165, 1.54) is 11.6 Å². The van der Waals surface area contributed by atoms with Gasteiger partial charge in [-0.05, 0) is 37.8 Å². The van der Waals surface area contributed by atoms with Gasteiger partial charge in [-0.15, -0.1) is 0 Å². The Hall–Kier alpha value is -1.61. The number of aryl methyl sites for hydroxylation is 1. The summed E-state index contributed by atoms with van der Waals surface area (Å²) < 4.78 is 10.9. The van der Waals surface area contributed by atoms with Crippen LogP contribution in [0.5, 0.6) is 0 Å². The minimum absolute atomic E-state index is 0.0421. The van der Waals surface area contributed by atoms with Gasteiger partial charge in [0.05, 0.1) is 6.10 Å². The quantitative estimate of drug-likeness (QED) is 0.622. The summed E-state index contributed by atoms with van der Waals surface area (Å²) in [4.78, 5) is 11.8. The van der Waals surface area contributed by atoms with Crippen LogP contribution in [0.1, 0.15) is 36.8 Å². The molecule has 0 N–H and O–H groups in total. The van der Waals surface area contributed by atoms with E-state index in [1.807, 2.05) is 31.2 Å². The van der Waals surface area contributed by atoms with E-state index in [1.54, 1.807) is 13.2 Å². The molecule has 1 saturated carbocycles. The van der Waals surface area contributed by atoms with Crippen molar-refractivity contribution in [1.29, 1.82) is 0 Å². The topological polar surface area (TPSA) is 35.5 Å². The lowest BCUT2D eigenvalue weighted by Gasteiger charge is -2.29. The Balaban J connectivity index is 1.89. The summed E-state index contributed by atoms with van der Waals surface area (Å²) in [6, 6.07) is 8.01. The zero-order chi connectivity index (χ0) is 14.4. The van der Waals surface area contributed by atoms with Crippen LogP contribution in [0.4, 0.5) is 0 Å². The third-order valence-corrected chi connectivity index (χ3v) is 3.70. The molecule has 20 heavy (non-hydrogen) atoms. The summed E-state index contributed by atoms with van der Waals surface area (Å²) in [5.74, 6) is -0.292. The van der Waals surface area contributed by atoms with Gasteiger partial charge >= 0.3 is 5.97 Å². The highest BCUT2D eigenvalue weighted by atomic mass is 16.6. The van der Waals surface area contributed by atoms with E-state index in [0.717, 1.165) is 31.2 Å². The van der Waals surface area contributed by atoms with Crippen molar-refractivity contribution in [3.8, 4) is 0 Å². The molecule has 0 heterocycles. The Morgan fingerprint density at radius 3 is 2.45 bits per heavy atom. The van der Waals surface area contributed by atoms with Crippen LogP contribution in [0.15, 0.2) is 30.3 Å². The van der Waals surface area contributed by atoms with E-state index in [9.17, 15) is 4.79 Å². The molecular formula is C17H22O3. The number of ether oxygens (including phenoxy) is 2. The van der Waals surface area contributed by atoms with Gasteiger partial charge in [0.2, 0.25) is 0 Å². The fourth-order valence-corrected chi connectivity index (χ4v) is 2.50. The van der Waals surface area contributed by atoms with Crippen LogP contribution in [0.3, 0.4) is 0 Å². The Morgan fingerprint density at radius 2 is 1.80 bits per heavy atom. The van der Waals surface area contributed by atoms with Crippen LogP contribution in [-0.2, 0) is 14.3 Å². The van der Waals surface area contributed by atoms with Crippen molar-refractivity contribution >= 4 is 12.0 Å². The second-order valence-corrected chi connectivity index (χ2v) is 5.28. The lowest BCUT2D eigenvalue weighted by molar-refractivity contribution is -0.153. The first-order valence-electron chi connectivity index (χ1n) is 7.17. The number of hydrogen-bond acceptors (Lipinski definition) is 3. The third-order valence-electron chi connectivity index (χ3n) is 3.70. The van der Waals surface area contributed by atoms with Gasteiger partial charge in [-0.1, -0.05) is 36.2 Å². The van der Waals surface area contributed by atoms with Crippen molar-refractivity contribution in [1.82, 2.24) is 0 Å². The van der Waals surface area contributed by atoms with Gasteiger partial charge in [0.25, 0.3) is 0 Å². The van der Waals surface area contributed by atoms with Crippen LogP contribution in [0.2, 0.25) is 0 Å². The summed E-state index contributed by atoms with van der Waals surface area (Å²) >= 11 is 0. The highest BCUT2D eigenvalue weighted by Crippen LogP contribution is 2.23. The van der Waals surface area contributed by atoms with Gasteiger partial charge in [-0.25, -0.2) is 4.79 Å². The summed E-state index contributed by atoms with van der Waals surface area (Å²) in [5, 5.41) is 0. The lowest BCUT2D eigenvalue weighted by atomic mass is 9.94. The molecule has 3 heteroatoms. The Labute approximate surface area is 120 Å². The van der Waals surface area contributed by atoms with Crippen LogP contribution in [0.25, 0.3) is 6.08 Å². The van der Waals surface area contributed by atoms with Gasteiger partial charge in [0.15, 0.2) is 0 Å². The highest BCUT2D eigenvalue weighted by molar-refractivity contribution is 5.87. The standard InChI is InChI=1S/C17H22O3/c1-13-7-9-14(10-8-13)11-12-17(18)20-16-6-4-3-5-15(16)19-2/h7-12,15-16H,3-6H2,1-2H3/b12-11+. The largest absolute Gasteiger partial charge is 0.456 e. The summed E-state index contributed by atoms with van der Waals surface area (Å²) in [7, 11) is 1.68. The number of hydrogen-bond donors (Lipinski definition) is 0. The third kappa shape index (κ3) is 4.20. The molecule has 108 valence electrons. The van der Waals surface area contributed by atoms with E-state index in [0.29, 0.717) is 0 Å². The molecule has 0 radical (unpaired) electrons. The number of carbonyl (C=O) groups is 1. The average Bonchev–Trinajstić information content (AvgIpc) is 2.47. The smallest absolute Gasteiger partial charge is 0.331 e. The van der Waals surface area contributed by atoms with Crippen molar-refractivity contribution in [2.45, 2.75) is 44.8 Å². The van der Waals surface area contributed by atoms with Gasteiger partial charge in [0.1, 0.15) is 6.10 Å². The molecule has 3 nitrogen and oxygen atoms in total. The molecule has 1 aromatic rings. The van der Waals surface area contributed by atoms with E-state index in [4.69, 9.17) is 9.47 Å². The van der Waals surface area contributed by atoms with Crippen LogP contribution in [-0.4, -0.2) is 25.3 Å². The molecule has 1 aliphatic carbocycles. The van der Waals surface area contributed by atoms with Gasteiger partial charge in [-0.3, -0.25) is 0 Å². The van der Waals surface area contributed by atoms with Gasteiger partial charge in [-0.2, -0.15) is 0 Å². The lowest BCUT2D eigenvalue weighted by Crippen LogP contribution is -2.35. The highest BCUT2D eigenvalue weighted by Gasteiger charge is 2.27. The van der Waals surface area contributed by atoms with Crippen molar-refractivity contribution in [3.63, 3.8) is 0 Å². The molecule has 0 bridgehead atoms. The van der Waals surface area contributed by atoms with Crippen molar-refractivity contribution in [2.24, 2.45) is 0 Å². The Morgan fingerprint density at radius 1 is 1.15 bits per heavy atom. The zero-order valence-electron chi connectivity index (χ0n) is 12.2. The molecule has 1 aliphatic rings. The Kier molecular flexibility index (Phi) is 5.36. The summed E-state index contributed by atoms with van der Waals surface area (Å²) in [6.07, 6.45) is 7.31. The average molecular weight is 274 g/mol. The second-order valence-electron chi connectivity index (χ2n) is 5.28. The molecule has 0 amide bonds. The van der Waals surface area contributed by atoms with Crippen molar-refractivity contribution < 1.29 is 14.3 Å². The van der Waals surface area contributed by atoms with Gasteiger partial charge < -0.3 is 9.47 Å². The minimum Gasteiger partial charge on any atom is -0.456 e.